The van der Waals surface area contributed by atoms with Crippen LogP contribution in [0.5, 0.6) is 0 Å². The molecule has 0 radical (unpaired) electrons. The second kappa shape index (κ2) is 6.39. The van der Waals surface area contributed by atoms with Crippen molar-refractivity contribution in [2.45, 2.75) is 46.2 Å². The lowest BCUT2D eigenvalue weighted by atomic mass is 10.2. The van der Waals surface area contributed by atoms with Crippen LogP contribution < -0.4 is 0 Å². The zero-order chi connectivity index (χ0) is 15.6. The van der Waals surface area contributed by atoms with Gasteiger partial charge < -0.3 is 9.47 Å². The first-order valence-corrected chi connectivity index (χ1v) is 7.96. The summed E-state index contributed by atoms with van der Waals surface area (Å²) in [7, 11) is 1.82. The van der Waals surface area contributed by atoms with E-state index in [0.717, 1.165) is 16.5 Å². The molecule has 0 aliphatic rings. The van der Waals surface area contributed by atoms with Gasteiger partial charge in [-0.3, -0.25) is 4.79 Å². The summed E-state index contributed by atoms with van der Waals surface area (Å²) in [5, 5.41) is 3.02. The minimum Gasteiger partial charge on any atom is -0.338 e. The number of amides is 1. The molecule has 0 spiro atoms. The van der Waals surface area contributed by atoms with Gasteiger partial charge in [0.1, 0.15) is 11.9 Å². The summed E-state index contributed by atoms with van der Waals surface area (Å²) in [4.78, 5) is 23.1. The normalized spacial score (nSPS) is 12.7. The summed E-state index contributed by atoms with van der Waals surface area (Å²) in [6.45, 7) is 8.59. The van der Waals surface area contributed by atoms with Gasteiger partial charge in [-0.05, 0) is 13.8 Å². The fourth-order valence-electron chi connectivity index (χ4n) is 2.34. The van der Waals surface area contributed by atoms with Crippen LogP contribution in [0.2, 0.25) is 0 Å². The van der Waals surface area contributed by atoms with E-state index in [1.165, 1.54) is 0 Å². The van der Waals surface area contributed by atoms with Crippen molar-refractivity contribution in [3.8, 4) is 0 Å². The zero-order valence-corrected chi connectivity index (χ0v) is 14.0. The van der Waals surface area contributed by atoms with Crippen molar-refractivity contribution in [1.29, 1.82) is 0 Å². The first-order valence-electron chi connectivity index (χ1n) is 7.08. The highest BCUT2D eigenvalue weighted by molar-refractivity contribution is 7.09. The van der Waals surface area contributed by atoms with Crippen LogP contribution in [-0.2, 0) is 11.3 Å². The number of likely N-dealkylation sites (N-methyl/N-ethyl adjacent to an activating group) is 1. The Morgan fingerprint density at radius 1 is 1.43 bits per heavy atom. The van der Waals surface area contributed by atoms with Gasteiger partial charge in [-0.15, -0.1) is 11.3 Å². The van der Waals surface area contributed by atoms with Gasteiger partial charge in [0.2, 0.25) is 5.91 Å². The summed E-state index contributed by atoms with van der Waals surface area (Å²) in [6, 6.07) is -0.255. The largest absolute Gasteiger partial charge is 0.338 e. The smallest absolute Gasteiger partial charge is 0.245 e. The maximum Gasteiger partial charge on any atom is 0.245 e. The van der Waals surface area contributed by atoms with Crippen molar-refractivity contribution in [2.75, 3.05) is 7.05 Å². The van der Waals surface area contributed by atoms with Gasteiger partial charge in [-0.25, -0.2) is 9.97 Å². The molecule has 0 aromatic carbocycles. The summed E-state index contributed by atoms with van der Waals surface area (Å²) >= 11 is 1.61. The Kier molecular flexibility index (Phi) is 4.77. The number of rotatable bonds is 5. The zero-order valence-electron chi connectivity index (χ0n) is 13.2. The molecule has 2 heterocycles. The van der Waals surface area contributed by atoms with Crippen LogP contribution in [0.1, 0.15) is 49.3 Å². The third-order valence-corrected chi connectivity index (χ3v) is 4.25. The summed E-state index contributed by atoms with van der Waals surface area (Å²) in [6.07, 6.45) is 3.63. The van der Waals surface area contributed by atoms with Crippen LogP contribution in [0.25, 0.3) is 0 Å². The molecule has 1 unspecified atom stereocenters. The predicted octanol–water partition coefficient (Wildman–Crippen LogP) is 2.99. The Labute approximate surface area is 129 Å². The Morgan fingerprint density at radius 2 is 2.14 bits per heavy atom. The van der Waals surface area contributed by atoms with Gasteiger partial charge in [-0.2, -0.15) is 0 Å². The van der Waals surface area contributed by atoms with Crippen molar-refractivity contribution < 1.29 is 4.79 Å². The van der Waals surface area contributed by atoms with Gasteiger partial charge in [0.05, 0.1) is 17.2 Å². The van der Waals surface area contributed by atoms with E-state index in [4.69, 9.17) is 0 Å². The highest BCUT2D eigenvalue weighted by Gasteiger charge is 2.22. The minimum absolute atomic E-state index is 0.0700. The first-order chi connectivity index (χ1) is 9.90. The molecule has 0 fully saturated rings. The molecule has 0 N–H and O–H groups in total. The number of thiazole rings is 1. The van der Waals surface area contributed by atoms with Crippen LogP contribution in [0.15, 0.2) is 17.8 Å². The number of hydrogen-bond acceptors (Lipinski definition) is 4. The molecule has 114 valence electrons. The second-order valence-electron chi connectivity index (χ2n) is 5.58. The number of carbonyl (C=O) groups is 1. The third kappa shape index (κ3) is 3.50. The Morgan fingerprint density at radius 3 is 2.71 bits per heavy atom. The summed E-state index contributed by atoms with van der Waals surface area (Å²) < 4.78 is 1.95. The lowest BCUT2D eigenvalue weighted by Crippen LogP contribution is -2.33. The van der Waals surface area contributed by atoms with Crippen molar-refractivity contribution in [2.24, 2.45) is 0 Å². The topological polar surface area (TPSA) is 51.0 Å². The van der Waals surface area contributed by atoms with Crippen LogP contribution in [-0.4, -0.2) is 32.4 Å². The van der Waals surface area contributed by atoms with Crippen LogP contribution in [0.3, 0.4) is 0 Å². The van der Waals surface area contributed by atoms with Crippen LogP contribution in [0.4, 0.5) is 0 Å². The molecule has 5 nitrogen and oxygen atoms in total. The molecule has 2 aromatic heterocycles. The van der Waals surface area contributed by atoms with Gasteiger partial charge in [0.25, 0.3) is 0 Å². The average molecular weight is 306 g/mol. The minimum atomic E-state index is -0.255. The number of carbonyl (C=O) groups excluding carboxylic acids is 1. The van der Waals surface area contributed by atoms with E-state index in [0.29, 0.717) is 12.5 Å². The SMILES string of the molecule is Cc1nc(CN(C)C(=O)C(C)n2ccnc2C(C)C)cs1. The molecular formula is C15H22N4OS. The third-order valence-electron chi connectivity index (χ3n) is 3.43. The quantitative estimate of drug-likeness (QED) is 0.853. The Balaban J connectivity index is 2.09. The van der Waals surface area contributed by atoms with Gasteiger partial charge in [-0.1, -0.05) is 13.8 Å². The summed E-state index contributed by atoms with van der Waals surface area (Å²) in [5.41, 5.74) is 0.940. The number of imidazole rings is 1. The number of aromatic nitrogens is 3. The first kappa shape index (κ1) is 15.7. The number of aryl methyl sites for hydroxylation is 1. The molecule has 2 rings (SSSR count). The van der Waals surface area contributed by atoms with Gasteiger partial charge in [0.15, 0.2) is 0 Å². The van der Waals surface area contributed by atoms with E-state index in [9.17, 15) is 4.79 Å². The molecule has 0 aliphatic carbocycles. The maximum atomic E-state index is 12.6. The molecule has 6 heteroatoms. The molecule has 1 atom stereocenters. The molecule has 2 aromatic rings. The Bertz CT molecular complexity index is 617. The van der Waals surface area contributed by atoms with E-state index < -0.39 is 0 Å². The molecule has 1 amide bonds. The molecule has 0 saturated heterocycles. The van der Waals surface area contributed by atoms with E-state index in [1.807, 2.05) is 37.0 Å². The predicted molar refractivity (Wildman–Crippen MR) is 84.4 cm³/mol. The highest BCUT2D eigenvalue weighted by Crippen LogP contribution is 2.19. The second-order valence-corrected chi connectivity index (χ2v) is 6.64. The maximum absolute atomic E-state index is 12.6. The Hall–Kier alpha value is -1.69. The lowest BCUT2D eigenvalue weighted by molar-refractivity contribution is -0.133. The van der Waals surface area contributed by atoms with Gasteiger partial charge >= 0.3 is 0 Å². The molecule has 0 bridgehead atoms. The molecule has 0 saturated carbocycles. The van der Waals surface area contributed by atoms with Crippen molar-refractivity contribution in [3.63, 3.8) is 0 Å². The van der Waals surface area contributed by atoms with Gasteiger partial charge in [0, 0.05) is 30.7 Å². The van der Waals surface area contributed by atoms with E-state index in [2.05, 4.69) is 23.8 Å². The van der Waals surface area contributed by atoms with Crippen LogP contribution in [0, 0.1) is 6.92 Å². The molecule has 21 heavy (non-hydrogen) atoms. The number of nitrogens with zero attached hydrogens (tertiary/aromatic N) is 4. The van der Waals surface area contributed by atoms with Crippen molar-refractivity contribution >= 4 is 17.2 Å². The van der Waals surface area contributed by atoms with Crippen LogP contribution >= 0.6 is 11.3 Å². The fourth-order valence-corrected chi connectivity index (χ4v) is 2.94. The molecular weight excluding hydrogens is 284 g/mol. The highest BCUT2D eigenvalue weighted by atomic mass is 32.1. The fraction of sp³-hybridized carbons (Fsp3) is 0.533. The monoisotopic (exact) mass is 306 g/mol. The van der Waals surface area contributed by atoms with Crippen molar-refractivity contribution in [1.82, 2.24) is 19.4 Å². The summed E-state index contributed by atoms with van der Waals surface area (Å²) in [5.74, 6) is 1.30. The number of hydrogen-bond donors (Lipinski definition) is 0. The van der Waals surface area contributed by atoms with E-state index in [-0.39, 0.29) is 11.9 Å². The molecule has 0 aliphatic heterocycles. The van der Waals surface area contributed by atoms with Crippen molar-refractivity contribution in [3.05, 3.63) is 34.3 Å². The standard InChI is InChI=1S/C15H22N4OS/c1-10(2)14-16-6-7-19(14)11(3)15(20)18(5)8-13-9-21-12(4)17-13/h6-7,9-11H,8H2,1-5H3. The van der Waals surface area contributed by atoms with E-state index in [1.54, 1.807) is 22.4 Å². The lowest BCUT2D eigenvalue weighted by Gasteiger charge is -2.23. The average Bonchev–Trinajstić information content (AvgIpc) is 3.05. The van der Waals surface area contributed by atoms with E-state index >= 15 is 0 Å².